The number of nitrogens with zero attached hydrogens (tertiary/aromatic N) is 1. The lowest BCUT2D eigenvalue weighted by Gasteiger charge is -2.10. The zero-order chi connectivity index (χ0) is 16.9. The van der Waals surface area contributed by atoms with E-state index in [-0.39, 0.29) is 5.91 Å². The summed E-state index contributed by atoms with van der Waals surface area (Å²) in [6.07, 6.45) is 2.13. The molecule has 6 nitrogen and oxygen atoms in total. The molecule has 24 heavy (non-hydrogen) atoms. The van der Waals surface area contributed by atoms with Gasteiger partial charge in [0.05, 0.1) is 14.2 Å². The monoisotopic (exact) mass is 326 g/mol. The smallest absolute Gasteiger partial charge is 0.251 e. The van der Waals surface area contributed by atoms with E-state index in [4.69, 9.17) is 13.9 Å². The average molecular weight is 326 g/mol. The number of benzene rings is 2. The van der Waals surface area contributed by atoms with E-state index in [0.717, 1.165) is 16.7 Å². The predicted molar refractivity (Wildman–Crippen MR) is 89.6 cm³/mol. The first-order valence-corrected chi connectivity index (χ1v) is 7.53. The van der Waals surface area contributed by atoms with Gasteiger partial charge in [-0.05, 0) is 42.3 Å². The quantitative estimate of drug-likeness (QED) is 0.754. The molecule has 0 saturated heterocycles. The van der Waals surface area contributed by atoms with Crippen molar-refractivity contribution in [1.29, 1.82) is 0 Å². The Morgan fingerprint density at radius 3 is 2.75 bits per heavy atom. The lowest BCUT2D eigenvalue weighted by molar-refractivity contribution is 0.0953. The van der Waals surface area contributed by atoms with Crippen LogP contribution in [0.25, 0.3) is 11.1 Å². The normalized spacial score (nSPS) is 10.6. The van der Waals surface area contributed by atoms with E-state index in [9.17, 15) is 4.79 Å². The number of methoxy groups -OCH3 is 2. The number of hydrogen-bond acceptors (Lipinski definition) is 5. The van der Waals surface area contributed by atoms with Gasteiger partial charge in [-0.2, -0.15) is 0 Å². The molecule has 0 bridgehead atoms. The molecule has 6 heteroatoms. The Morgan fingerprint density at radius 2 is 1.96 bits per heavy atom. The number of amides is 1. The summed E-state index contributed by atoms with van der Waals surface area (Å²) in [4.78, 5) is 16.3. The number of hydrogen-bond donors (Lipinski definition) is 1. The highest BCUT2D eigenvalue weighted by molar-refractivity contribution is 5.94. The second-order valence-electron chi connectivity index (χ2n) is 5.23. The molecular weight excluding hydrogens is 308 g/mol. The minimum Gasteiger partial charge on any atom is -0.493 e. The van der Waals surface area contributed by atoms with Crippen molar-refractivity contribution in [2.24, 2.45) is 0 Å². The molecule has 0 unspecified atom stereocenters. The van der Waals surface area contributed by atoms with Crippen molar-refractivity contribution >= 4 is 17.0 Å². The van der Waals surface area contributed by atoms with Crippen molar-refractivity contribution in [3.05, 3.63) is 53.9 Å². The van der Waals surface area contributed by atoms with E-state index in [1.165, 1.54) is 6.39 Å². The molecule has 1 amide bonds. The maximum atomic E-state index is 12.2. The first-order valence-electron chi connectivity index (χ1n) is 7.53. The molecule has 1 heterocycles. The van der Waals surface area contributed by atoms with Crippen LogP contribution in [0.5, 0.6) is 11.5 Å². The molecule has 0 aliphatic rings. The van der Waals surface area contributed by atoms with Crippen LogP contribution in [-0.4, -0.2) is 31.7 Å². The highest BCUT2D eigenvalue weighted by Crippen LogP contribution is 2.27. The number of nitrogens with one attached hydrogen (secondary N) is 1. The second kappa shape index (κ2) is 7.04. The van der Waals surface area contributed by atoms with Crippen LogP contribution < -0.4 is 14.8 Å². The van der Waals surface area contributed by atoms with Crippen LogP contribution in [0.1, 0.15) is 15.9 Å². The first-order chi connectivity index (χ1) is 11.7. The Morgan fingerprint density at radius 1 is 1.12 bits per heavy atom. The van der Waals surface area contributed by atoms with E-state index >= 15 is 0 Å². The zero-order valence-electron chi connectivity index (χ0n) is 13.5. The molecule has 2 aromatic carbocycles. The van der Waals surface area contributed by atoms with Crippen LogP contribution >= 0.6 is 0 Å². The molecule has 0 radical (unpaired) electrons. The number of ether oxygens (including phenoxy) is 2. The van der Waals surface area contributed by atoms with Crippen LogP contribution in [0, 0.1) is 0 Å². The average Bonchev–Trinajstić information content (AvgIpc) is 3.08. The van der Waals surface area contributed by atoms with Gasteiger partial charge in [-0.1, -0.05) is 6.07 Å². The maximum absolute atomic E-state index is 12.2. The highest BCUT2D eigenvalue weighted by atomic mass is 16.5. The molecule has 0 aliphatic heterocycles. The van der Waals surface area contributed by atoms with E-state index in [1.807, 2.05) is 18.2 Å². The summed E-state index contributed by atoms with van der Waals surface area (Å²) < 4.78 is 15.7. The standard InChI is InChI=1S/C18H18N2O4/c1-22-15-6-4-13(10-17(15)23-2)18(21)19-8-7-12-3-5-14-16(9-12)24-11-20-14/h3-6,9-11H,7-8H2,1-2H3,(H,19,21). The molecule has 124 valence electrons. The summed E-state index contributed by atoms with van der Waals surface area (Å²) in [7, 11) is 3.10. The van der Waals surface area contributed by atoms with E-state index in [2.05, 4.69) is 10.3 Å². The molecule has 0 aliphatic carbocycles. The van der Waals surface area contributed by atoms with Crippen molar-refractivity contribution in [1.82, 2.24) is 10.3 Å². The first kappa shape index (κ1) is 15.9. The molecule has 3 rings (SSSR count). The van der Waals surface area contributed by atoms with Gasteiger partial charge in [0.25, 0.3) is 5.91 Å². The molecule has 0 saturated carbocycles. The van der Waals surface area contributed by atoms with Gasteiger partial charge in [0, 0.05) is 12.1 Å². The lowest BCUT2D eigenvalue weighted by Crippen LogP contribution is -2.25. The summed E-state index contributed by atoms with van der Waals surface area (Å²) in [5, 5.41) is 2.90. The number of fused-ring (bicyclic) bond motifs is 1. The topological polar surface area (TPSA) is 73.6 Å². The fourth-order valence-electron chi connectivity index (χ4n) is 2.45. The van der Waals surface area contributed by atoms with Gasteiger partial charge < -0.3 is 19.2 Å². The van der Waals surface area contributed by atoms with Gasteiger partial charge in [-0.15, -0.1) is 0 Å². The SMILES string of the molecule is COc1ccc(C(=O)NCCc2ccc3ncoc3c2)cc1OC. The summed E-state index contributed by atoms with van der Waals surface area (Å²) in [6.45, 7) is 0.521. The summed E-state index contributed by atoms with van der Waals surface area (Å²) in [5.74, 6) is 0.965. The maximum Gasteiger partial charge on any atom is 0.251 e. The van der Waals surface area contributed by atoms with Gasteiger partial charge >= 0.3 is 0 Å². The van der Waals surface area contributed by atoms with Crippen molar-refractivity contribution in [2.75, 3.05) is 20.8 Å². The third-order valence-electron chi connectivity index (χ3n) is 3.74. The Hall–Kier alpha value is -3.02. The minimum atomic E-state index is -0.156. The van der Waals surface area contributed by atoms with Gasteiger partial charge in [-0.25, -0.2) is 4.98 Å². The fourth-order valence-corrected chi connectivity index (χ4v) is 2.45. The predicted octanol–water partition coefficient (Wildman–Crippen LogP) is 2.82. The van der Waals surface area contributed by atoms with Gasteiger partial charge in [0.15, 0.2) is 23.5 Å². The van der Waals surface area contributed by atoms with Crippen LogP contribution in [0.2, 0.25) is 0 Å². The van der Waals surface area contributed by atoms with Crippen LogP contribution in [-0.2, 0) is 6.42 Å². The van der Waals surface area contributed by atoms with Crippen molar-refractivity contribution in [3.8, 4) is 11.5 Å². The van der Waals surface area contributed by atoms with E-state index in [0.29, 0.717) is 30.0 Å². The lowest BCUT2D eigenvalue weighted by atomic mass is 10.1. The van der Waals surface area contributed by atoms with Gasteiger partial charge in [0.2, 0.25) is 0 Å². The molecule has 3 aromatic rings. The molecular formula is C18H18N2O4. The summed E-state index contributed by atoms with van der Waals surface area (Å²) >= 11 is 0. The van der Waals surface area contributed by atoms with Gasteiger partial charge in [-0.3, -0.25) is 4.79 Å². The van der Waals surface area contributed by atoms with Crippen LogP contribution in [0.4, 0.5) is 0 Å². The Balaban J connectivity index is 1.60. The zero-order valence-corrected chi connectivity index (χ0v) is 13.5. The number of oxazole rings is 1. The number of aromatic nitrogens is 1. The Labute approximate surface area is 139 Å². The van der Waals surface area contributed by atoms with Crippen molar-refractivity contribution < 1.29 is 18.7 Å². The fraction of sp³-hybridized carbons (Fsp3) is 0.222. The summed E-state index contributed by atoms with van der Waals surface area (Å²) in [5.41, 5.74) is 3.18. The molecule has 1 N–H and O–H groups in total. The van der Waals surface area contributed by atoms with Crippen molar-refractivity contribution in [2.45, 2.75) is 6.42 Å². The van der Waals surface area contributed by atoms with Crippen molar-refractivity contribution in [3.63, 3.8) is 0 Å². The number of rotatable bonds is 6. The largest absolute Gasteiger partial charge is 0.493 e. The highest BCUT2D eigenvalue weighted by Gasteiger charge is 2.10. The van der Waals surface area contributed by atoms with E-state index in [1.54, 1.807) is 32.4 Å². The van der Waals surface area contributed by atoms with Crippen LogP contribution in [0.3, 0.4) is 0 Å². The number of carbonyl (C=O) groups is 1. The Kier molecular flexibility index (Phi) is 4.65. The van der Waals surface area contributed by atoms with Crippen LogP contribution in [0.15, 0.2) is 47.2 Å². The minimum absolute atomic E-state index is 0.156. The Bertz CT molecular complexity index is 857. The third kappa shape index (κ3) is 3.32. The number of carbonyl (C=O) groups excluding carboxylic acids is 1. The molecule has 0 spiro atoms. The molecule has 1 aromatic heterocycles. The molecule has 0 atom stereocenters. The van der Waals surface area contributed by atoms with Gasteiger partial charge in [0.1, 0.15) is 5.52 Å². The molecule has 0 fully saturated rings. The van der Waals surface area contributed by atoms with E-state index < -0.39 is 0 Å². The third-order valence-corrected chi connectivity index (χ3v) is 3.74. The second-order valence-corrected chi connectivity index (χ2v) is 5.23. The summed E-state index contributed by atoms with van der Waals surface area (Å²) in [6, 6.07) is 10.9.